The monoisotopic (exact) mass is 539 g/mol. The third kappa shape index (κ3) is 6.86. The van der Waals surface area contributed by atoms with Gasteiger partial charge in [-0.05, 0) is 57.7 Å². The summed E-state index contributed by atoms with van der Waals surface area (Å²) >= 11 is -1.78. The SMILES string of the molecule is Cc1c(OCC(F)(F)F)ccnc1C[S+]([O-])c1nc2ccccc2n1C(C)OC(=O)OC1CCCCC1. The van der Waals surface area contributed by atoms with Gasteiger partial charge in [0, 0.05) is 22.9 Å². The van der Waals surface area contributed by atoms with Gasteiger partial charge in [0.2, 0.25) is 0 Å². The highest BCUT2D eigenvalue weighted by molar-refractivity contribution is 7.90. The van der Waals surface area contributed by atoms with E-state index < -0.39 is 36.3 Å². The normalized spacial score (nSPS) is 16.4. The lowest BCUT2D eigenvalue weighted by Crippen LogP contribution is -2.25. The molecule has 4 rings (SSSR count). The molecule has 1 fully saturated rings. The first-order valence-corrected chi connectivity index (χ1v) is 13.3. The number of nitrogens with zero attached hydrogens (tertiary/aromatic N) is 3. The molecule has 0 aliphatic heterocycles. The van der Waals surface area contributed by atoms with Gasteiger partial charge in [0.25, 0.3) is 0 Å². The minimum absolute atomic E-state index is 0.00925. The fourth-order valence-corrected chi connectivity index (χ4v) is 5.62. The van der Waals surface area contributed by atoms with Crippen molar-refractivity contribution in [2.75, 3.05) is 6.61 Å². The van der Waals surface area contributed by atoms with Gasteiger partial charge in [-0.1, -0.05) is 18.6 Å². The zero-order valence-electron chi connectivity index (χ0n) is 20.5. The second-order valence-corrected chi connectivity index (χ2v) is 10.2. The van der Waals surface area contributed by atoms with Crippen molar-refractivity contribution in [3.05, 3.63) is 47.8 Å². The number of hydrogen-bond acceptors (Lipinski definition) is 7. The molecule has 0 N–H and O–H groups in total. The van der Waals surface area contributed by atoms with Crippen LogP contribution in [0.15, 0.2) is 41.7 Å². The Morgan fingerprint density at radius 3 is 2.68 bits per heavy atom. The molecule has 1 aliphatic carbocycles. The molecule has 0 amide bonds. The highest BCUT2D eigenvalue weighted by Crippen LogP contribution is 2.30. The largest absolute Gasteiger partial charge is 0.609 e. The highest BCUT2D eigenvalue weighted by atomic mass is 32.2. The van der Waals surface area contributed by atoms with Gasteiger partial charge in [-0.15, -0.1) is 0 Å². The Bertz CT molecular complexity index is 1230. The molecule has 2 aromatic heterocycles. The maximum absolute atomic E-state index is 13.5. The molecule has 0 radical (unpaired) electrons. The number of aromatic nitrogens is 3. The van der Waals surface area contributed by atoms with Gasteiger partial charge in [-0.25, -0.2) is 9.36 Å². The molecule has 2 atom stereocenters. The summed E-state index contributed by atoms with van der Waals surface area (Å²) in [7, 11) is 0. The van der Waals surface area contributed by atoms with Crippen molar-refractivity contribution in [3.63, 3.8) is 0 Å². The second-order valence-electron chi connectivity index (χ2n) is 8.87. The quantitative estimate of drug-likeness (QED) is 0.256. The van der Waals surface area contributed by atoms with E-state index in [1.54, 1.807) is 42.7 Å². The average Bonchev–Trinajstić information content (AvgIpc) is 3.24. The second kappa shape index (κ2) is 11.6. The Labute approximate surface area is 215 Å². The Morgan fingerprint density at radius 2 is 1.95 bits per heavy atom. The van der Waals surface area contributed by atoms with Crippen LogP contribution in [0.4, 0.5) is 18.0 Å². The average molecular weight is 540 g/mol. The predicted molar refractivity (Wildman–Crippen MR) is 130 cm³/mol. The summed E-state index contributed by atoms with van der Waals surface area (Å²) in [4.78, 5) is 21.2. The van der Waals surface area contributed by atoms with Crippen LogP contribution in [0.1, 0.15) is 56.5 Å². The molecule has 1 aromatic carbocycles. The number of halogens is 3. The van der Waals surface area contributed by atoms with E-state index in [1.165, 1.54) is 12.3 Å². The molecule has 8 nitrogen and oxygen atoms in total. The summed E-state index contributed by atoms with van der Waals surface area (Å²) in [6.45, 7) is 1.75. The fraction of sp³-hybridized carbons (Fsp3) is 0.480. The summed E-state index contributed by atoms with van der Waals surface area (Å²) in [6, 6.07) is 8.41. The third-order valence-corrected chi connectivity index (χ3v) is 7.36. The number of hydrogen-bond donors (Lipinski definition) is 0. The van der Waals surface area contributed by atoms with Gasteiger partial charge in [-0.3, -0.25) is 4.98 Å². The van der Waals surface area contributed by atoms with Crippen molar-refractivity contribution < 1.29 is 36.7 Å². The summed E-state index contributed by atoms with van der Waals surface area (Å²) < 4.78 is 68.8. The van der Waals surface area contributed by atoms with E-state index in [4.69, 9.17) is 14.2 Å². The summed E-state index contributed by atoms with van der Waals surface area (Å²) in [5.74, 6) is -0.118. The van der Waals surface area contributed by atoms with Crippen LogP contribution in [-0.2, 0) is 26.4 Å². The van der Waals surface area contributed by atoms with Crippen molar-refractivity contribution in [3.8, 4) is 5.75 Å². The minimum atomic E-state index is -4.49. The Morgan fingerprint density at radius 1 is 1.22 bits per heavy atom. The Balaban J connectivity index is 1.55. The molecule has 3 aromatic rings. The van der Waals surface area contributed by atoms with Crippen molar-refractivity contribution >= 4 is 28.4 Å². The first kappa shape index (κ1) is 27.1. The first-order valence-electron chi connectivity index (χ1n) is 12.0. The number of fused-ring (bicyclic) bond motifs is 1. The fourth-order valence-electron chi connectivity index (χ4n) is 4.28. The summed E-state index contributed by atoms with van der Waals surface area (Å²) in [5.41, 5.74) is 1.81. The molecule has 2 unspecified atom stereocenters. The van der Waals surface area contributed by atoms with E-state index in [9.17, 15) is 22.5 Å². The molecule has 37 heavy (non-hydrogen) atoms. The number of ether oxygens (including phenoxy) is 3. The molecular formula is C25H28F3N3O5S. The molecule has 1 aliphatic rings. The zero-order valence-corrected chi connectivity index (χ0v) is 21.3. The number of rotatable bonds is 8. The predicted octanol–water partition coefficient (Wildman–Crippen LogP) is 5.99. The highest BCUT2D eigenvalue weighted by Gasteiger charge is 2.31. The van der Waals surface area contributed by atoms with E-state index in [0.29, 0.717) is 22.3 Å². The van der Waals surface area contributed by atoms with Crippen molar-refractivity contribution in [1.29, 1.82) is 0 Å². The van der Waals surface area contributed by atoms with Crippen molar-refractivity contribution in [2.24, 2.45) is 0 Å². The Kier molecular flexibility index (Phi) is 8.48. The van der Waals surface area contributed by atoms with E-state index >= 15 is 0 Å². The molecule has 200 valence electrons. The van der Waals surface area contributed by atoms with E-state index in [0.717, 1.165) is 32.1 Å². The van der Waals surface area contributed by atoms with E-state index in [-0.39, 0.29) is 22.8 Å². The van der Waals surface area contributed by atoms with Gasteiger partial charge in [0.1, 0.15) is 11.9 Å². The van der Waals surface area contributed by atoms with Crippen LogP contribution in [0.2, 0.25) is 0 Å². The van der Waals surface area contributed by atoms with E-state index in [1.807, 2.05) is 0 Å². The number of imidazole rings is 1. The number of pyridine rings is 1. The minimum Gasteiger partial charge on any atom is -0.609 e. The molecule has 0 saturated heterocycles. The summed E-state index contributed by atoms with van der Waals surface area (Å²) in [5, 5.41) is 0.141. The van der Waals surface area contributed by atoms with Crippen molar-refractivity contribution in [2.45, 2.75) is 75.4 Å². The maximum atomic E-state index is 13.5. The van der Waals surface area contributed by atoms with Gasteiger partial charge < -0.3 is 18.8 Å². The van der Waals surface area contributed by atoms with Crippen LogP contribution in [-0.4, -0.2) is 44.1 Å². The van der Waals surface area contributed by atoms with E-state index in [2.05, 4.69) is 9.97 Å². The topological polar surface area (TPSA) is 98.5 Å². The standard InChI is InChI=1S/C25H28F3N3O5S/c1-16-20(29-13-12-22(16)34-15-25(26,27)28)14-37(33)23-30-19-10-6-7-11-21(19)31(23)17(2)35-24(32)36-18-8-4-3-5-9-18/h6-7,10-13,17-18H,3-5,8-9,14-15H2,1-2H3. The van der Waals surface area contributed by atoms with Crippen LogP contribution < -0.4 is 4.74 Å². The van der Waals surface area contributed by atoms with Crippen LogP contribution in [0, 0.1) is 6.92 Å². The number of para-hydroxylation sites is 2. The van der Waals surface area contributed by atoms with Gasteiger partial charge in [0.15, 0.2) is 18.6 Å². The van der Waals surface area contributed by atoms with Gasteiger partial charge in [-0.2, -0.15) is 18.2 Å². The number of benzene rings is 1. The molecule has 0 spiro atoms. The lowest BCUT2D eigenvalue weighted by molar-refractivity contribution is -0.153. The Hall–Kier alpha value is -2.99. The third-order valence-electron chi connectivity index (χ3n) is 6.13. The van der Waals surface area contributed by atoms with Crippen molar-refractivity contribution in [1.82, 2.24) is 14.5 Å². The number of alkyl halides is 3. The van der Waals surface area contributed by atoms with Crippen LogP contribution in [0.3, 0.4) is 0 Å². The smallest absolute Gasteiger partial charge is 0.510 e. The molecule has 0 bridgehead atoms. The number of carbonyl (C=O) groups excluding carboxylic acids is 1. The van der Waals surface area contributed by atoms with Crippen LogP contribution >= 0.6 is 0 Å². The lowest BCUT2D eigenvalue weighted by atomic mass is 9.98. The van der Waals surface area contributed by atoms with Gasteiger partial charge in [0.05, 0.1) is 16.7 Å². The molecule has 1 saturated carbocycles. The van der Waals surface area contributed by atoms with Gasteiger partial charge >= 0.3 is 17.5 Å². The van der Waals surface area contributed by atoms with Crippen LogP contribution in [0.5, 0.6) is 5.75 Å². The number of carbonyl (C=O) groups is 1. The molecular weight excluding hydrogens is 511 g/mol. The lowest BCUT2D eigenvalue weighted by Gasteiger charge is -2.23. The summed E-state index contributed by atoms with van der Waals surface area (Å²) in [6.07, 6.45) is -0.333. The molecule has 12 heteroatoms. The van der Waals surface area contributed by atoms with Crippen LogP contribution in [0.25, 0.3) is 11.0 Å². The zero-order chi connectivity index (χ0) is 26.6. The maximum Gasteiger partial charge on any atom is 0.510 e. The molecule has 2 heterocycles. The first-order chi connectivity index (χ1) is 17.6.